The van der Waals surface area contributed by atoms with Crippen LogP contribution in [0.3, 0.4) is 0 Å². The number of imide groups is 1. The van der Waals surface area contributed by atoms with E-state index in [1.165, 1.54) is 35.6 Å². The van der Waals surface area contributed by atoms with Crippen molar-refractivity contribution in [2.24, 2.45) is 0 Å². The van der Waals surface area contributed by atoms with Crippen molar-refractivity contribution in [1.82, 2.24) is 9.97 Å². The minimum absolute atomic E-state index is 0.235. The Morgan fingerprint density at radius 1 is 1.00 bits per heavy atom. The van der Waals surface area contributed by atoms with Gasteiger partial charge in [-0.1, -0.05) is 12.1 Å². The number of carbonyl (C=O) groups excluding carboxylic acids is 3. The van der Waals surface area contributed by atoms with E-state index in [1.807, 2.05) is 13.8 Å². The Kier molecular flexibility index (Phi) is 5.13. The molecular formula is C25H19N3O5S. The van der Waals surface area contributed by atoms with Gasteiger partial charge in [0.05, 0.1) is 27.8 Å². The van der Waals surface area contributed by atoms with Crippen LogP contribution in [-0.2, 0) is 4.74 Å². The first-order valence-electron chi connectivity index (χ1n) is 10.5. The molecule has 8 nitrogen and oxygen atoms in total. The molecule has 2 amide bonds. The molecule has 1 aliphatic heterocycles. The molecular weight excluding hydrogens is 454 g/mol. The lowest BCUT2D eigenvalue weighted by atomic mass is 10.1. The summed E-state index contributed by atoms with van der Waals surface area (Å²) in [7, 11) is 0. The number of esters is 1. The summed E-state index contributed by atoms with van der Waals surface area (Å²) in [6.07, 6.45) is -0.789. The third-order valence-electron chi connectivity index (χ3n) is 5.88. The van der Waals surface area contributed by atoms with Crippen molar-refractivity contribution < 1.29 is 19.1 Å². The van der Waals surface area contributed by atoms with Crippen molar-refractivity contribution in [2.45, 2.75) is 26.9 Å². The molecule has 1 N–H and O–H groups in total. The Labute approximate surface area is 197 Å². The summed E-state index contributed by atoms with van der Waals surface area (Å²) >= 11 is 1.42. The van der Waals surface area contributed by atoms with E-state index < -0.39 is 23.9 Å². The first-order chi connectivity index (χ1) is 16.3. The van der Waals surface area contributed by atoms with Gasteiger partial charge in [-0.15, -0.1) is 11.3 Å². The number of benzene rings is 2. The van der Waals surface area contributed by atoms with E-state index in [1.54, 1.807) is 31.2 Å². The number of hydrogen-bond acceptors (Lipinski definition) is 7. The molecule has 34 heavy (non-hydrogen) atoms. The molecule has 1 unspecified atom stereocenters. The van der Waals surface area contributed by atoms with Gasteiger partial charge in [0.15, 0.2) is 11.9 Å². The fourth-order valence-electron chi connectivity index (χ4n) is 3.92. The predicted molar refractivity (Wildman–Crippen MR) is 128 cm³/mol. The van der Waals surface area contributed by atoms with Crippen molar-refractivity contribution in [3.05, 3.63) is 91.8 Å². The van der Waals surface area contributed by atoms with Crippen LogP contribution >= 0.6 is 11.3 Å². The van der Waals surface area contributed by atoms with E-state index in [2.05, 4.69) is 9.97 Å². The average molecular weight is 474 g/mol. The van der Waals surface area contributed by atoms with Crippen LogP contribution in [0.4, 0.5) is 5.69 Å². The molecule has 3 heterocycles. The van der Waals surface area contributed by atoms with Gasteiger partial charge in [0.2, 0.25) is 0 Å². The average Bonchev–Trinajstić information content (AvgIpc) is 3.26. The maximum Gasteiger partial charge on any atom is 0.338 e. The number of hydrogen-bond donors (Lipinski definition) is 1. The van der Waals surface area contributed by atoms with Gasteiger partial charge in [-0.25, -0.2) is 14.7 Å². The Morgan fingerprint density at radius 3 is 2.24 bits per heavy atom. The van der Waals surface area contributed by atoms with E-state index in [0.717, 1.165) is 15.3 Å². The lowest BCUT2D eigenvalue weighted by Crippen LogP contribution is -2.29. The number of carbonyl (C=O) groups is 3. The molecule has 2 aromatic carbocycles. The van der Waals surface area contributed by atoms with Crippen LogP contribution in [0, 0.1) is 13.8 Å². The van der Waals surface area contributed by atoms with Crippen LogP contribution in [0.2, 0.25) is 0 Å². The van der Waals surface area contributed by atoms with E-state index in [9.17, 15) is 19.2 Å². The predicted octanol–water partition coefficient (Wildman–Crippen LogP) is 4.32. The molecule has 0 aliphatic carbocycles. The zero-order valence-electron chi connectivity index (χ0n) is 18.5. The van der Waals surface area contributed by atoms with Crippen LogP contribution in [0.25, 0.3) is 10.2 Å². The number of thiophene rings is 1. The molecule has 1 atom stereocenters. The van der Waals surface area contributed by atoms with E-state index >= 15 is 0 Å². The number of aromatic amines is 1. The van der Waals surface area contributed by atoms with Crippen molar-refractivity contribution in [2.75, 3.05) is 4.90 Å². The lowest BCUT2D eigenvalue weighted by Gasteiger charge is -2.15. The molecule has 9 heteroatoms. The quantitative estimate of drug-likeness (QED) is 0.349. The van der Waals surface area contributed by atoms with Gasteiger partial charge in [0.1, 0.15) is 4.83 Å². The third-order valence-corrected chi connectivity index (χ3v) is 6.98. The summed E-state index contributed by atoms with van der Waals surface area (Å²) in [6.45, 7) is 5.43. The minimum Gasteiger partial charge on any atom is -0.451 e. The maximum absolute atomic E-state index is 12.7. The second-order valence-corrected chi connectivity index (χ2v) is 9.20. The molecule has 0 saturated heterocycles. The number of rotatable bonds is 4. The number of anilines is 1. The minimum atomic E-state index is -0.789. The number of aryl methyl sites for hydroxylation is 2. The van der Waals surface area contributed by atoms with Gasteiger partial charge in [0, 0.05) is 4.88 Å². The first kappa shape index (κ1) is 21.7. The van der Waals surface area contributed by atoms with Crippen molar-refractivity contribution in [3.63, 3.8) is 0 Å². The normalized spacial score (nSPS) is 13.9. The third kappa shape index (κ3) is 3.41. The highest BCUT2D eigenvalue weighted by atomic mass is 32.1. The van der Waals surface area contributed by atoms with Gasteiger partial charge >= 0.3 is 5.97 Å². The lowest BCUT2D eigenvalue weighted by molar-refractivity contribution is 0.0320. The van der Waals surface area contributed by atoms with E-state index in [-0.39, 0.29) is 16.9 Å². The van der Waals surface area contributed by atoms with Crippen molar-refractivity contribution in [3.8, 4) is 0 Å². The van der Waals surface area contributed by atoms with Crippen molar-refractivity contribution >= 4 is 45.0 Å². The fourth-order valence-corrected chi connectivity index (χ4v) is 4.96. The van der Waals surface area contributed by atoms with Crippen LogP contribution in [0.15, 0.2) is 53.3 Å². The Bertz CT molecular complexity index is 1520. The zero-order chi connectivity index (χ0) is 24.1. The van der Waals surface area contributed by atoms with Crippen molar-refractivity contribution in [1.29, 1.82) is 0 Å². The Hall–Kier alpha value is -4.11. The first-order valence-corrected chi connectivity index (χ1v) is 11.4. The number of aromatic nitrogens is 2. The fraction of sp³-hybridized carbons (Fsp3) is 0.160. The standard InChI is InChI=1S/C25H19N3O5S/c1-12-14(3)34-22-19(12)21(29)26-20(27-22)13(2)33-25(32)15-8-10-16(11-9-15)28-23(30)17-6-4-5-7-18(17)24(28)31/h4-11,13H,1-3H3,(H,26,27,29). The van der Waals surface area contributed by atoms with E-state index in [0.29, 0.717) is 27.0 Å². The number of fused-ring (bicyclic) bond motifs is 2. The molecule has 170 valence electrons. The van der Waals surface area contributed by atoms with Crippen LogP contribution in [-0.4, -0.2) is 27.8 Å². The highest BCUT2D eigenvalue weighted by Gasteiger charge is 2.36. The molecule has 5 rings (SSSR count). The number of ether oxygens (including phenoxy) is 1. The van der Waals surface area contributed by atoms with Crippen LogP contribution in [0.5, 0.6) is 0 Å². The summed E-state index contributed by atoms with van der Waals surface area (Å²) < 4.78 is 5.51. The SMILES string of the molecule is Cc1sc2nc(C(C)OC(=O)c3ccc(N4C(=O)c5ccccc5C4=O)cc3)[nH]c(=O)c2c1C. The van der Waals surface area contributed by atoms with Gasteiger partial charge in [-0.05, 0) is 62.7 Å². The number of nitrogens with zero attached hydrogens (tertiary/aromatic N) is 2. The summed E-state index contributed by atoms with van der Waals surface area (Å²) in [4.78, 5) is 60.4. The largest absolute Gasteiger partial charge is 0.451 e. The molecule has 0 bridgehead atoms. The molecule has 1 aliphatic rings. The van der Waals surface area contributed by atoms with Gasteiger partial charge in [0.25, 0.3) is 17.4 Å². The molecule has 0 fully saturated rings. The van der Waals surface area contributed by atoms with E-state index in [4.69, 9.17) is 4.74 Å². The molecule has 0 radical (unpaired) electrons. The smallest absolute Gasteiger partial charge is 0.338 e. The van der Waals surface area contributed by atoms with Gasteiger partial charge < -0.3 is 9.72 Å². The summed E-state index contributed by atoms with van der Waals surface area (Å²) in [5, 5.41) is 0.550. The Balaban J connectivity index is 1.34. The highest BCUT2D eigenvalue weighted by Crippen LogP contribution is 2.29. The topological polar surface area (TPSA) is 109 Å². The van der Waals surface area contributed by atoms with Gasteiger partial charge in [-0.2, -0.15) is 0 Å². The number of nitrogens with one attached hydrogen (secondary N) is 1. The molecule has 0 spiro atoms. The van der Waals surface area contributed by atoms with Crippen LogP contribution in [0.1, 0.15) is 60.4 Å². The Morgan fingerprint density at radius 2 is 1.62 bits per heavy atom. The number of amides is 2. The molecule has 2 aromatic heterocycles. The summed E-state index contributed by atoms with van der Waals surface area (Å²) in [6, 6.07) is 12.6. The second-order valence-electron chi connectivity index (χ2n) is 8.00. The second kappa shape index (κ2) is 8.03. The summed E-state index contributed by atoms with van der Waals surface area (Å²) in [5.41, 5.74) is 1.91. The molecule has 4 aromatic rings. The van der Waals surface area contributed by atoms with Crippen LogP contribution < -0.4 is 10.5 Å². The molecule has 0 saturated carbocycles. The van der Waals surface area contributed by atoms with Gasteiger partial charge in [-0.3, -0.25) is 14.4 Å². The monoisotopic (exact) mass is 473 g/mol. The highest BCUT2D eigenvalue weighted by molar-refractivity contribution is 7.18. The summed E-state index contributed by atoms with van der Waals surface area (Å²) in [5.74, 6) is -1.18. The zero-order valence-corrected chi connectivity index (χ0v) is 19.4. The maximum atomic E-state index is 12.7. The number of H-pyrrole nitrogens is 1.